The van der Waals surface area contributed by atoms with Gasteiger partial charge in [0.05, 0.1) is 11.4 Å². The largest absolute Gasteiger partial charge is 0.311 e. The third-order valence-corrected chi connectivity index (χ3v) is 14.2. The molecule has 0 saturated heterocycles. The molecule has 0 unspecified atom stereocenters. The van der Waals surface area contributed by atoms with Gasteiger partial charge < -0.3 is 9.80 Å². The summed E-state index contributed by atoms with van der Waals surface area (Å²) in [5, 5.41) is 2.49. The molecule has 0 aliphatic heterocycles. The minimum atomic E-state index is -0.286. The van der Waals surface area contributed by atoms with E-state index in [1.54, 1.807) is 0 Å². The SMILES string of the molecule is CC1(C)c2cc(-c3ccc(-c4ccc(N(c5ccccc5)c5ccccc5)cc4)c4ccccc34)ccc2-c2nc3c(cc21)-c1ccc(N(c2ccccc2)c2ccccc2)cc1C3(C)C. The normalized spacial score (nSPS) is 13.7. The van der Waals surface area contributed by atoms with Crippen molar-refractivity contribution in [2.24, 2.45) is 0 Å². The minimum Gasteiger partial charge on any atom is -0.311 e. The van der Waals surface area contributed by atoms with Gasteiger partial charge in [0.2, 0.25) is 0 Å². The van der Waals surface area contributed by atoms with Crippen molar-refractivity contribution in [3.05, 3.63) is 247 Å². The fourth-order valence-electron chi connectivity index (χ4n) is 10.8. The Bertz CT molecular complexity index is 3370. The molecule has 0 radical (unpaired) electrons. The first-order chi connectivity index (χ1) is 32.3. The number of aromatic nitrogens is 1. The highest BCUT2D eigenvalue weighted by atomic mass is 15.1. The lowest BCUT2D eigenvalue weighted by Crippen LogP contribution is -2.19. The Morgan fingerprint density at radius 3 is 1.26 bits per heavy atom. The summed E-state index contributed by atoms with van der Waals surface area (Å²) in [5.41, 5.74) is 21.1. The summed E-state index contributed by atoms with van der Waals surface area (Å²) in [6.07, 6.45) is 0. The van der Waals surface area contributed by atoms with E-state index in [0.29, 0.717) is 0 Å². The van der Waals surface area contributed by atoms with Gasteiger partial charge in [-0.2, -0.15) is 0 Å². The first-order valence-corrected chi connectivity index (χ1v) is 23.0. The molecule has 316 valence electrons. The molecule has 9 aromatic carbocycles. The minimum absolute atomic E-state index is 0.238. The molecule has 12 rings (SSSR count). The zero-order valence-corrected chi connectivity index (χ0v) is 37.7. The summed E-state index contributed by atoms with van der Waals surface area (Å²) in [7, 11) is 0. The molecule has 3 heteroatoms. The summed E-state index contributed by atoms with van der Waals surface area (Å²) >= 11 is 0. The van der Waals surface area contributed by atoms with Gasteiger partial charge >= 0.3 is 0 Å². The molecule has 0 fully saturated rings. The molecule has 3 nitrogen and oxygen atoms in total. The lowest BCUT2D eigenvalue weighted by atomic mass is 9.80. The highest BCUT2D eigenvalue weighted by Crippen LogP contribution is 2.56. The second kappa shape index (κ2) is 15.3. The molecule has 0 amide bonds. The van der Waals surface area contributed by atoms with Gasteiger partial charge in [0.25, 0.3) is 0 Å². The van der Waals surface area contributed by atoms with E-state index in [1.165, 1.54) is 66.4 Å². The number of anilines is 6. The van der Waals surface area contributed by atoms with Crippen molar-refractivity contribution >= 4 is 44.9 Å². The fourth-order valence-corrected chi connectivity index (χ4v) is 10.8. The van der Waals surface area contributed by atoms with Gasteiger partial charge in [-0.25, -0.2) is 0 Å². The maximum Gasteiger partial charge on any atom is 0.0750 e. The van der Waals surface area contributed by atoms with Gasteiger partial charge in [-0.05, 0) is 140 Å². The van der Waals surface area contributed by atoms with Gasteiger partial charge in [-0.15, -0.1) is 0 Å². The molecule has 2 aliphatic rings. The molecule has 0 spiro atoms. The Morgan fingerprint density at radius 1 is 0.303 bits per heavy atom. The number of benzene rings is 9. The van der Waals surface area contributed by atoms with Crippen molar-refractivity contribution < 1.29 is 0 Å². The van der Waals surface area contributed by atoms with E-state index in [0.717, 1.165) is 45.5 Å². The second-order valence-electron chi connectivity index (χ2n) is 18.8. The van der Waals surface area contributed by atoms with Gasteiger partial charge in [-0.3, -0.25) is 4.98 Å². The molecule has 0 bridgehead atoms. The molecule has 0 atom stereocenters. The van der Waals surface area contributed by atoms with Crippen LogP contribution in [0.3, 0.4) is 0 Å². The topological polar surface area (TPSA) is 19.4 Å². The third kappa shape index (κ3) is 6.30. The van der Waals surface area contributed by atoms with Crippen LogP contribution >= 0.6 is 0 Å². The molecular formula is C63H49N3. The molecule has 66 heavy (non-hydrogen) atoms. The molecule has 1 aromatic heterocycles. The van der Waals surface area contributed by atoms with E-state index in [1.807, 2.05) is 0 Å². The molecule has 0 N–H and O–H groups in total. The number of pyridine rings is 1. The van der Waals surface area contributed by atoms with Crippen molar-refractivity contribution in [3.63, 3.8) is 0 Å². The van der Waals surface area contributed by atoms with E-state index < -0.39 is 0 Å². The van der Waals surface area contributed by atoms with Crippen LogP contribution in [0.15, 0.2) is 224 Å². The zero-order valence-electron chi connectivity index (χ0n) is 37.7. The van der Waals surface area contributed by atoms with Crippen LogP contribution in [0.25, 0.3) is 55.4 Å². The molecule has 0 saturated carbocycles. The Balaban J connectivity index is 0.890. The molecular weight excluding hydrogens is 799 g/mol. The monoisotopic (exact) mass is 847 g/mol. The van der Waals surface area contributed by atoms with E-state index in [-0.39, 0.29) is 10.8 Å². The number of rotatable bonds is 8. The average molecular weight is 848 g/mol. The van der Waals surface area contributed by atoms with Crippen molar-refractivity contribution in [1.29, 1.82) is 0 Å². The van der Waals surface area contributed by atoms with E-state index in [4.69, 9.17) is 4.98 Å². The quantitative estimate of drug-likeness (QED) is 0.152. The fraction of sp³-hybridized carbons (Fsp3) is 0.0952. The number of hydrogen-bond acceptors (Lipinski definition) is 3. The van der Waals surface area contributed by atoms with Crippen molar-refractivity contribution in [1.82, 2.24) is 4.98 Å². The third-order valence-electron chi connectivity index (χ3n) is 14.2. The Labute approximate surface area is 387 Å². The number of hydrogen-bond donors (Lipinski definition) is 0. The highest BCUT2D eigenvalue weighted by Gasteiger charge is 2.43. The Hall–Kier alpha value is -8.01. The van der Waals surface area contributed by atoms with Crippen LogP contribution in [0.2, 0.25) is 0 Å². The second-order valence-corrected chi connectivity index (χ2v) is 18.8. The lowest BCUT2D eigenvalue weighted by molar-refractivity contribution is 0.631. The van der Waals surface area contributed by atoms with Crippen LogP contribution in [-0.2, 0) is 10.8 Å². The van der Waals surface area contributed by atoms with Gasteiger partial charge in [0.15, 0.2) is 0 Å². The van der Waals surface area contributed by atoms with E-state index in [2.05, 4.69) is 262 Å². The maximum absolute atomic E-state index is 5.66. The summed E-state index contributed by atoms with van der Waals surface area (Å²) in [4.78, 5) is 10.3. The first kappa shape index (κ1) is 39.6. The standard InChI is InChI=1S/C63H49N3/c1-62(2)57-39-43(51-38-37-50(52-27-17-18-28-53(51)52)42-29-32-48(33-30-42)65(44-19-9-5-10-20-44)45-21-11-6-12-22-45)31-35-55(57)60-59(62)41-56-54-36-34-49(40-58(54)63(3,4)61(56)64-60)66(46-23-13-7-14-24-46)47-25-15-8-16-26-47/h5-41H,1-4H3. The predicted molar refractivity (Wildman–Crippen MR) is 277 cm³/mol. The van der Waals surface area contributed by atoms with Gasteiger partial charge in [0.1, 0.15) is 0 Å². The lowest BCUT2D eigenvalue weighted by Gasteiger charge is -2.27. The maximum atomic E-state index is 5.66. The Kier molecular flexibility index (Phi) is 9.19. The summed E-state index contributed by atoms with van der Waals surface area (Å²) in [5.74, 6) is 0. The van der Waals surface area contributed by atoms with Crippen LogP contribution in [0.4, 0.5) is 34.1 Å². The van der Waals surface area contributed by atoms with Gasteiger partial charge in [-0.1, -0.05) is 167 Å². The van der Waals surface area contributed by atoms with Crippen molar-refractivity contribution in [2.45, 2.75) is 38.5 Å². The predicted octanol–water partition coefficient (Wildman–Crippen LogP) is 17.1. The van der Waals surface area contributed by atoms with Crippen LogP contribution in [0.5, 0.6) is 0 Å². The average Bonchev–Trinajstić information content (AvgIpc) is 3.72. The summed E-state index contributed by atoms with van der Waals surface area (Å²) < 4.78 is 0. The number of para-hydroxylation sites is 4. The number of fused-ring (bicyclic) bond motifs is 7. The zero-order chi connectivity index (χ0) is 44.6. The van der Waals surface area contributed by atoms with E-state index >= 15 is 0 Å². The van der Waals surface area contributed by atoms with Gasteiger partial charge in [0, 0.05) is 56.1 Å². The van der Waals surface area contributed by atoms with Crippen LogP contribution in [0, 0.1) is 0 Å². The summed E-state index contributed by atoms with van der Waals surface area (Å²) in [6, 6.07) is 81.5. The Morgan fingerprint density at radius 2 is 0.712 bits per heavy atom. The van der Waals surface area contributed by atoms with Crippen LogP contribution in [-0.4, -0.2) is 4.98 Å². The first-order valence-electron chi connectivity index (χ1n) is 23.0. The van der Waals surface area contributed by atoms with Crippen LogP contribution in [0.1, 0.15) is 50.1 Å². The van der Waals surface area contributed by atoms with E-state index in [9.17, 15) is 0 Å². The molecule has 1 heterocycles. The number of nitrogens with zero attached hydrogens (tertiary/aromatic N) is 3. The summed E-state index contributed by atoms with van der Waals surface area (Å²) in [6.45, 7) is 9.43. The molecule has 10 aromatic rings. The van der Waals surface area contributed by atoms with Crippen LogP contribution < -0.4 is 9.80 Å². The smallest absolute Gasteiger partial charge is 0.0750 e. The van der Waals surface area contributed by atoms with Crippen molar-refractivity contribution in [2.75, 3.05) is 9.80 Å². The molecule has 2 aliphatic carbocycles. The highest BCUT2D eigenvalue weighted by molar-refractivity contribution is 6.05. The van der Waals surface area contributed by atoms with Crippen molar-refractivity contribution in [3.8, 4) is 44.6 Å².